The molecule has 3 nitrogen and oxygen atoms in total. The normalized spacial score (nSPS) is 14.0. The van der Waals surface area contributed by atoms with Crippen molar-refractivity contribution in [3.05, 3.63) is 46.5 Å². The lowest BCUT2D eigenvalue weighted by Crippen LogP contribution is -1.96. The quantitative estimate of drug-likeness (QED) is 0.512. The first-order chi connectivity index (χ1) is 8.06. The van der Waals surface area contributed by atoms with Gasteiger partial charge in [0.2, 0.25) is 0 Å². The van der Waals surface area contributed by atoms with E-state index in [9.17, 15) is 9.59 Å². The molecule has 3 rings (SSSR count). The molecule has 0 N–H and O–H groups in total. The number of fused-ring (bicyclic) bond motifs is 2. The lowest BCUT2D eigenvalue weighted by molar-refractivity contribution is 0.0444. The third-order valence-electron chi connectivity index (χ3n) is 3.21. The van der Waals surface area contributed by atoms with Crippen molar-refractivity contribution in [2.24, 2.45) is 0 Å². The lowest BCUT2D eigenvalue weighted by atomic mass is 9.98. The van der Waals surface area contributed by atoms with Crippen LogP contribution in [-0.4, -0.2) is 11.9 Å². The van der Waals surface area contributed by atoms with E-state index in [4.69, 9.17) is 0 Å². The van der Waals surface area contributed by atoms with Crippen LogP contribution in [0.2, 0.25) is 0 Å². The zero-order valence-corrected chi connectivity index (χ0v) is 9.53. The van der Waals surface area contributed by atoms with Gasteiger partial charge in [-0.25, -0.2) is 9.59 Å². The van der Waals surface area contributed by atoms with Crippen molar-refractivity contribution in [2.75, 3.05) is 0 Å². The van der Waals surface area contributed by atoms with Crippen LogP contribution in [-0.2, 0) is 4.74 Å². The molecule has 0 saturated heterocycles. The number of carbonyl (C=O) groups is 2. The van der Waals surface area contributed by atoms with Gasteiger partial charge in [-0.05, 0) is 47.9 Å². The molecule has 2 aromatic carbocycles. The summed E-state index contributed by atoms with van der Waals surface area (Å²) >= 11 is 0. The molecular weight excluding hydrogens is 216 g/mol. The summed E-state index contributed by atoms with van der Waals surface area (Å²) in [5.41, 5.74) is 3.06. The Kier molecular flexibility index (Phi) is 1.87. The van der Waals surface area contributed by atoms with E-state index in [2.05, 4.69) is 4.74 Å². The van der Waals surface area contributed by atoms with E-state index in [0.717, 1.165) is 21.9 Å². The molecule has 1 aliphatic rings. The fourth-order valence-corrected chi connectivity index (χ4v) is 2.11. The molecule has 0 aliphatic carbocycles. The molecule has 84 valence electrons. The van der Waals surface area contributed by atoms with Gasteiger partial charge in [0.1, 0.15) is 0 Å². The van der Waals surface area contributed by atoms with Crippen molar-refractivity contribution >= 4 is 22.7 Å². The molecule has 0 fully saturated rings. The van der Waals surface area contributed by atoms with Crippen LogP contribution in [0.25, 0.3) is 10.8 Å². The highest BCUT2D eigenvalue weighted by molar-refractivity contribution is 6.17. The second-order valence-electron chi connectivity index (χ2n) is 4.36. The Hall–Kier alpha value is -2.16. The summed E-state index contributed by atoms with van der Waals surface area (Å²) in [7, 11) is 0. The Morgan fingerprint density at radius 1 is 0.765 bits per heavy atom. The number of esters is 2. The van der Waals surface area contributed by atoms with Gasteiger partial charge < -0.3 is 4.74 Å². The maximum absolute atomic E-state index is 11.4. The standard InChI is InChI=1S/C14H10O3/c1-7-3-9-5-11-12(14(16)17-13(11)15)6-10(9)4-8(7)2/h3-6H,1-2H3. The van der Waals surface area contributed by atoms with Gasteiger partial charge in [-0.3, -0.25) is 0 Å². The molecule has 0 atom stereocenters. The molecule has 2 aromatic rings. The number of rotatable bonds is 0. The van der Waals surface area contributed by atoms with Crippen LogP contribution in [0.5, 0.6) is 0 Å². The van der Waals surface area contributed by atoms with Crippen LogP contribution >= 0.6 is 0 Å². The van der Waals surface area contributed by atoms with E-state index in [-0.39, 0.29) is 0 Å². The Labute approximate surface area is 98.0 Å². The van der Waals surface area contributed by atoms with E-state index in [1.54, 1.807) is 12.1 Å². The molecule has 0 saturated carbocycles. The zero-order valence-electron chi connectivity index (χ0n) is 9.53. The summed E-state index contributed by atoms with van der Waals surface area (Å²) in [5, 5.41) is 1.91. The molecule has 0 amide bonds. The van der Waals surface area contributed by atoms with Crippen LogP contribution in [0.1, 0.15) is 31.8 Å². The van der Waals surface area contributed by atoms with Crippen LogP contribution in [0.3, 0.4) is 0 Å². The van der Waals surface area contributed by atoms with E-state index in [1.807, 2.05) is 26.0 Å². The summed E-state index contributed by atoms with van der Waals surface area (Å²) in [6, 6.07) is 7.48. The molecule has 1 heterocycles. The highest BCUT2D eigenvalue weighted by Crippen LogP contribution is 2.27. The van der Waals surface area contributed by atoms with Crippen LogP contribution < -0.4 is 0 Å². The predicted molar refractivity (Wildman–Crippen MR) is 63.2 cm³/mol. The minimum Gasteiger partial charge on any atom is -0.386 e. The first-order valence-corrected chi connectivity index (χ1v) is 5.38. The van der Waals surface area contributed by atoms with E-state index in [0.29, 0.717) is 11.1 Å². The second-order valence-corrected chi connectivity index (χ2v) is 4.36. The first-order valence-electron chi connectivity index (χ1n) is 5.38. The molecule has 0 spiro atoms. The van der Waals surface area contributed by atoms with Gasteiger partial charge in [-0.1, -0.05) is 12.1 Å². The van der Waals surface area contributed by atoms with Gasteiger partial charge >= 0.3 is 11.9 Å². The smallest absolute Gasteiger partial charge is 0.346 e. The Morgan fingerprint density at radius 2 is 1.18 bits per heavy atom. The minimum absolute atomic E-state index is 0.366. The highest BCUT2D eigenvalue weighted by Gasteiger charge is 2.29. The van der Waals surface area contributed by atoms with Gasteiger partial charge in [0, 0.05) is 0 Å². The van der Waals surface area contributed by atoms with Gasteiger partial charge in [0.25, 0.3) is 0 Å². The Balaban J connectivity index is 2.39. The van der Waals surface area contributed by atoms with Crippen molar-refractivity contribution < 1.29 is 14.3 Å². The number of hydrogen-bond donors (Lipinski definition) is 0. The molecular formula is C14H10O3. The molecule has 3 heteroatoms. The fourth-order valence-electron chi connectivity index (χ4n) is 2.11. The van der Waals surface area contributed by atoms with Crippen molar-refractivity contribution in [2.45, 2.75) is 13.8 Å². The van der Waals surface area contributed by atoms with E-state index < -0.39 is 11.9 Å². The van der Waals surface area contributed by atoms with Crippen molar-refractivity contribution in [1.29, 1.82) is 0 Å². The fraction of sp³-hybridized carbons (Fsp3) is 0.143. The van der Waals surface area contributed by atoms with E-state index in [1.165, 1.54) is 0 Å². The number of cyclic esters (lactones) is 2. The second kappa shape index (κ2) is 3.17. The summed E-state index contributed by atoms with van der Waals surface area (Å²) < 4.78 is 4.59. The maximum Gasteiger partial charge on any atom is 0.346 e. The van der Waals surface area contributed by atoms with Gasteiger partial charge in [-0.15, -0.1) is 0 Å². The number of hydrogen-bond acceptors (Lipinski definition) is 3. The number of aryl methyl sites for hydroxylation is 2. The molecule has 1 aliphatic heterocycles. The van der Waals surface area contributed by atoms with Crippen LogP contribution in [0.4, 0.5) is 0 Å². The van der Waals surface area contributed by atoms with Gasteiger partial charge in [0.05, 0.1) is 11.1 Å². The predicted octanol–water partition coefficient (Wildman–Crippen LogP) is 2.77. The maximum atomic E-state index is 11.4. The number of ether oxygens (including phenoxy) is 1. The van der Waals surface area contributed by atoms with Gasteiger partial charge in [-0.2, -0.15) is 0 Å². The van der Waals surface area contributed by atoms with Crippen molar-refractivity contribution in [3.63, 3.8) is 0 Å². The summed E-state index contributed by atoms with van der Waals surface area (Å²) in [4.78, 5) is 22.9. The van der Waals surface area contributed by atoms with Crippen LogP contribution in [0.15, 0.2) is 24.3 Å². The largest absolute Gasteiger partial charge is 0.386 e. The van der Waals surface area contributed by atoms with Gasteiger partial charge in [0.15, 0.2) is 0 Å². The molecule has 17 heavy (non-hydrogen) atoms. The molecule has 0 bridgehead atoms. The topological polar surface area (TPSA) is 43.4 Å². The average molecular weight is 226 g/mol. The summed E-state index contributed by atoms with van der Waals surface area (Å²) in [6.07, 6.45) is 0. The number of carbonyl (C=O) groups excluding carboxylic acids is 2. The Bertz CT molecular complexity index is 625. The monoisotopic (exact) mass is 226 g/mol. The summed E-state index contributed by atoms with van der Waals surface area (Å²) in [6.45, 7) is 4.04. The SMILES string of the molecule is Cc1cc2cc3c(cc2cc1C)C(=O)OC3=O. The highest BCUT2D eigenvalue weighted by atomic mass is 16.6. The van der Waals surface area contributed by atoms with Crippen molar-refractivity contribution in [3.8, 4) is 0 Å². The van der Waals surface area contributed by atoms with Crippen molar-refractivity contribution in [1.82, 2.24) is 0 Å². The van der Waals surface area contributed by atoms with Crippen LogP contribution in [0, 0.1) is 13.8 Å². The number of benzene rings is 2. The average Bonchev–Trinajstić information content (AvgIpc) is 2.54. The third kappa shape index (κ3) is 1.35. The van der Waals surface area contributed by atoms with E-state index >= 15 is 0 Å². The Morgan fingerprint density at radius 3 is 1.59 bits per heavy atom. The molecule has 0 radical (unpaired) electrons. The lowest BCUT2D eigenvalue weighted by Gasteiger charge is -2.04. The minimum atomic E-state index is -0.551. The molecule has 0 aromatic heterocycles. The zero-order chi connectivity index (χ0) is 12.2. The molecule has 0 unspecified atom stereocenters. The third-order valence-corrected chi connectivity index (χ3v) is 3.21. The first kappa shape index (κ1) is 10.0. The summed E-state index contributed by atoms with van der Waals surface area (Å²) in [5.74, 6) is -1.10.